The summed E-state index contributed by atoms with van der Waals surface area (Å²) in [5.74, 6) is 0.0514. The summed E-state index contributed by atoms with van der Waals surface area (Å²) in [6, 6.07) is 25.8. The minimum absolute atomic E-state index is 0.00350. The van der Waals surface area contributed by atoms with Gasteiger partial charge in [-0.3, -0.25) is 0 Å². The molecule has 0 aromatic heterocycles. The number of amides is 1. The Kier molecular flexibility index (Phi) is 12.3. The molecule has 0 aliphatic carbocycles. The molecule has 0 aliphatic rings. The van der Waals surface area contributed by atoms with Crippen LogP contribution in [0.2, 0.25) is 4.71 Å². The third kappa shape index (κ3) is 8.68. The number of carbonyl (C=O) groups is 1. The molecule has 3 atom stereocenters. The molecule has 3 rings (SSSR count). The van der Waals surface area contributed by atoms with E-state index in [-0.39, 0.29) is 34.0 Å². The number of nitrogens with one attached hydrogen (secondary N) is 1. The molecule has 0 fully saturated rings. The van der Waals surface area contributed by atoms with Crippen LogP contribution in [0.4, 0.5) is 5.69 Å². The Morgan fingerprint density at radius 2 is 1.48 bits per heavy atom. The SMILES string of the molecule is CC(C)CN(C(CO)CCCCNC(=O)[C@@H]([AsH2])C(c1ccccc1)c1ccccc1)S(=O)(=O)c1ccc(N)cc1. The zero-order valence-electron chi connectivity index (χ0n) is 23.3. The number of hydrogen-bond acceptors (Lipinski definition) is 5. The van der Waals surface area contributed by atoms with Gasteiger partial charge in [-0.05, 0) is 12.1 Å². The molecular formula is C31H42AsN3O4S. The van der Waals surface area contributed by atoms with Crippen LogP contribution in [-0.2, 0) is 14.8 Å². The Morgan fingerprint density at radius 3 is 1.98 bits per heavy atom. The van der Waals surface area contributed by atoms with Crippen molar-refractivity contribution in [1.82, 2.24) is 9.62 Å². The number of aliphatic hydroxyl groups excluding tert-OH is 1. The average molecular weight is 628 g/mol. The number of anilines is 1. The molecule has 0 aliphatic heterocycles. The predicted octanol–water partition coefficient (Wildman–Crippen LogP) is 3.82. The van der Waals surface area contributed by atoms with Crippen LogP contribution in [0.3, 0.4) is 0 Å². The molecule has 0 radical (unpaired) electrons. The normalized spacial score (nSPS) is 13.5. The van der Waals surface area contributed by atoms with Gasteiger partial charge >= 0.3 is 225 Å². The van der Waals surface area contributed by atoms with Crippen molar-refractivity contribution in [3.63, 3.8) is 0 Å². The van der Waals surface area contributed by atoms with Crippen LogP contribution in [-0.4, -0.2) is 66.3 Å². The molecule has 0 saturated heterocycles. The maximum atomic E-state index is 13.4. The van der Waals surface area contributed by atoms with Gasteiger partial charge in [0, 0.05) is 5.69 Å². The van der Waals surface area contributed by atoms with E-state index in [1.54, 1.807) is 12.1 Å². The van der Waals surface area contributed by atoms with Gasteiger partial charge in [0.15, 0.2) is 0 Å². The van der Waals surface area contributed by atoms with Crippen LogP contribution in [0.25, 0.3) is 0 Å². The Labute approximate surface area is 247 Å². The van der Waals surface area contributed by atoms with Crippen molar-refractivity contribution in [2.45, 2.75) is 54.7 Å². The molecule has 4 N–H and O–H groups in total. The van der Waals surface area contributed by atoms with Crippen LogP contribution in [0.5, 0.6) is 0 Å². The molecule has 0 heterocycles. The van der Waals surface area contributed by atoms with Crippen molar-refractivity contribution >= 4 is 38.5 Å². The molecular weight excluding hydrogens is 585 g/mol. The van der Waals surface area contributed by atoms with Crippen LogP contribution in [0, 0.1) is 5.92 Å². The smallest absolute Gasteiger partial charge is 0.399 e. The number of nitrogen functional groups attached to an aromatic ring is 1. The summed E-state index contributed by atoms with van der Waals surface area (Å²) in [6.45, 7) is 4.42. The Hall–Kier alpha value is -2.64. The average Bonchev–Trinajstić information content (AvgIpc) is 2.95. The second kappa shape index (κ2) is 15.4. The first-order valence-corrected chi connectivity index (χ1v) is 16.6. The van der Waals surface area contributed by atoms with Crippen molar-refractivity contribution < 1.29 is 18.3 Å². The van der Waals surface area contributed by atoms with E-state index in [0.717, 1.165) is 11.1 Å². The topological polar surface area (TPSA) is 113 Å². The van der Waals surface area contributed by atoms with Crippen molar-refractivity contribution in [2.75, 3.05) is 25.4 Å². The molecule has 0 saturated carbocycles. The minimum atomic E-state index is -3.80. The Morgan fingerprint density at radius 1 is 0.925 bits per heavy atom. The van der Waals surface area contributed by atoms with E-state index >= 15 is 0 Å². The molecule has 1 amide bonds. The summed E-state index contributed by atoms with van der Waals surface area (Å²) >= 11 is 1.39. The van der Waals surface area contributed by atoms with Gasteiger partial charge in [-0.25, -0.2) is 0 Å². The van der Waals surface area contributed by atoms with Gasteiger partial charge in [0.2, 0.25) is 0 Å². The molecule has 2 unspecified atom stereocenters. The van der Waals surface area contributed by atoms with Gasteiger partial charge in [0.05, 0.1) is 0 Å². The molecule has 3 aromatic rings. The van der Waals surface area contributed by atoms with E-state index in [0.29, 0.717) is 38.0 Å². The first-order chi connectivity index (χ1) is 19.1. The van der Waals surface area contributed by atoms with Gasteiger partial charge in [0.1, 0.15) is 0 Å². The van der Waals surface area contributed by atoms with Crippen LogP contribution < -0.4 is 11.1 Å². The first kappa shape index (κ1) is 31.9. The van der Waals surface area contributed by atoms with E-state index in [1.807, 2.05) is 50.2 Å². The number of aliphatic hydroxyl groups is 1. The van der Waals surface area contributed by atoms with Gasteiger partial charge in [-0.2, -0.15) is 0 Å². The number of carbonyl (C=O) groups excluding carboxylic acids is 1. The fourth-order valence-corrected chi connectivity index (χ4v) is 7.81. The van der Waals surface area contributed by atoms with Gasteiger partial charge in [-0.15, -0.1) is 0 Å². The van der Waals surface area contributed by atoms with Crippen molar-refractivity contribution in [1.29, 1.82) is 0 Å². The second-order valence-corrected chi connectivity index (χ2v) is 13.9. The summed E-state index contributed by atoms with van der Waals surface area (Å²) in [4.78, 5) is 13.4. The van der Waals surface area contributed by atoms with E-state index < -0.39 is 16.1 Å². The van der Waals surface area contributed by atoms with E-state index in [4.69, 9.17) is 5.73 Å². The molecule has 3 aromatic carbocycles. The monoisotopic (exact) mass is 627 g/mol. The van der Waals surface area contributed by atoms with Gasteiger partial charge < -0.3 is 5.73 Å². The maximum absolute atomic E-state index is 13.4. The number of rotatable bonds is 15. The minimum Gasteiger partial charge on any atom is -0.399 e. The van der Waals surface area contributed by atoms with Gasteiger partial charge in [-0.1, -0.05) is 0 Å². The zero-order chi connectivity index (χ0) is 29.1. The van der Waals surface area contributed by atoms with Gasteiger partial charge in [0.25, 0.3) is 0 Å². The number of nitrogens with two attached hydrogens (primary N) is 1. The van der Waals surface area contributed by atoms with E-state index in [9.17, 15) is 18.3 Å². The van der Waals surface area contributed by atoms with Crippen LogP contribution >= 0.6 is 0 Å². The Balaban J connectivity index is 1.60. The van der Waals surface area contributed by atoms with Crippen molar-refractivity contribution in [3.8, 4) is 0 Å². The summed E-state index contributed by atoms with van der Waals surface area (Å²) in [7, 11) is -3.80. The second-order valence-electron chi connectivity index (χ2n) is 10.5. The summed E-state index contributed by atoms with van der Waals surface area (Å²) in [5.41, 5.74) is 8.45. The van der Waals surface area contributed by atoms with Crippen LogP contribution in [0.15, 0.2) is 89.8 Å². The standard InChI is InChI=1S/C31H42AsN3O4S/c1-23(2)21-35(40(38,39)28-18-16-26(33)17-19-28)27(22-36)15-9-10-20-34-31(37)30(32)29(24-11-5-3-6-12-24)25-13-7-4-8-14-25/h3-8,11-14,16-19,23,27,29-30,36H,9-10,15,20-22,32-33H2,1-2H3,(H,34,37)/t27?,30-/m0/s1. The summed E-state index contributed by atoms with van der Waals surface area (Å²) in [5, 5.41) is 13.3. The molecule has 9 heteroatoms. The van der Waals surface area contributed by atoms with Crippen molar-refractivity contribution in [3.05, 3.63) is 96.1 Å². The van der Waals surface area contributed by atoms with E-state index in [1.165, 1.54) is 33.3 Å². The number of hydrogen-bond donors (Lipinski definition) is 3. The molecule has 216 valence electrons. The fraction of sp³-hybridized carbons (Fsp3) is 0.387. The summed E-state index contributed by atoms with van der Waals surface area (Å²) in [6.07, 6.45) is 1.84. The van der Waals surface area contributed by atoms with Crippen LogP contribution in [0.1, 0.15) is 50.2 Å². The molecule has 7 nitrogen and oxygen atoms in total. The molecule has 0 spiro atoms. The van der Waals surface area contributed by atoms with Crippen molar-refractivity contribution in [2.24, 2.45) is 5.92 Å². The number of unbranched alkanes of at least 4 members (excludes halogenated alkanes) is 1. The summed E-state index contributed by atoms with van der Waals surface area (Å²) < 4.78 is 28.1. The fourth-order valence-electron chi connectivity index (χ4n) is 4.82. The zero-order valence-corrected chi connectivity index (χ0v) is 26.6. The number of sulfonamides is 1. The Bertz CT molecular complexity index is 1250. The first-order valence-electron chi connectivity index (χ1n) is 13.8. The number of benzene rings is 3. The van der Waals surface area contributed by atoms with E-state index in [2.05, 4.69) is 29.6 Å². The third-order valence-electron chi connectivity index (χ3n) is 6.89. The quantitative estimate of drug-likeness (QED) is 0.135. The molecule has 40 heavy (non-hydrogen) atoms. The predicted molar refractivity (Wildman–Crippen MR) is 164 cm³/mol. The third-order valence-corrected chi connectivity index (χ3v) is 10.3. The number of nitrogens with zero attached hydrogens (tertiary/aromatic N) is 1. The molecule has 0 bridgehead atoms.